The van der Waals surface area contributed by atoms with Gasteiger partial charge in [-0.2, -0.15) is 0 Å². The molecule has 220 valence electrons. The maximum absolute atomic E-state index is 13.6. The first kappa shape index (κ1) is 29.0. The van der Waals surface area contributed by atoms with Crippen LogP contribution in [0.5, 0.6) is 5.75 Å². The Morgan fingerprint density at radius 2 is 1.81 bits per heavy atom. The van der Waals surface area contributed by atoms with Crippen molar-refractivity contribution in [1.29, 1.82) is 0 Å². The van der Waals surface area contributed by atoms with Crippen LogP contribution in [0.25, 0.3) is 0 Å². The molecule has 0 aliphatic carbocycles. The maximum Gasteiger partial charge on any atom is 0.257 e. The zero-order valence-electron chi connectivity index (χ0n) is 23.5. The second kappa shape index (κ2) is 12.3. The molecular weight excluding hydrogens is 632 g/mol. The van der Waals surface area contributed by atoms with E-state index in [0.717, 1.165) is 29.9 Å². The molecule has 3 heterocycles. The van der Waals surface area contributed by atoms with Crippen molar-refractivity contribution >= 4 is 50.7 Å². The molecule has 2 amide bonds. The summed E-state index contributed by atoms with van der Waals surface area (Å²) in [6.45, 7) is 2.38. The van der Waals surface area contributed by atoms with Crippen LogP contribution in [0, 0.1) is 5.92 Å². The van der Waals surface area contributed by atoms with Crippen LogP contribution in [0.2, 0.25) is 5.02 Å². The number of methoxy groups -OCH3 is 1. The molecule has 2 aliphatic heterocycles. The summed E-state index contributed by atoms with van der Waals surface area (Å²) in [6.07, 6.45) is 1.00. The van der Waals surface area contributed by atoms with E-state index in [-0.39, 0.29) is 29.2 Å². The number of nitrogens with one attached hydrogen (secondary N) is 2. The Hall–Kier alpha value is -4.08. The van der Waals surface area contributed by atoms with Gasteiger partial charge in [-0.1, -0.05) is 29.8 Å². The normalized spacial score (nSPS) is 17.1. The SMILES string of the molecule is COc1ccc(Br)c(C(=O)Nc2cc(C(=O)NCc3cccc(Cl)c3)ccc2N2CC3CC(C2)c2cccc(=O)n2C3)c1. The lowest BCUT2D eigenvalue weighted by molar-refractivity contribution is 0.0949. The molecule has 2 N–H and O–H groups in total. The first-order valence-electron chi connectivity index (χ1n) is 14.1. The average molecular weight is 662 g/mol. The number of carbonyl (C=O) groups is 2. The Morgan fingerprint density at radius 1 is 0.977 bits per heavy atom. The fraction of sp³-hybridized carbons (Fsp3) is 0.242. The molecular formula is C33H30BrClN4O4. The number of halogens is 2. The molecule has 8 nitrogen and oxygen atoms in total. The van der Waals surface area contributed by atoms with Crippen LogP contribution in [0.1, 0.15) is 44.3 Å². The Kier molecular flexibility index (Phi) is 8.27. The highest BCUT2D eigenvalue weighted by atomic mass is 79.9. The van der Waals surface area contributed by atoms with Gasteiger partial charge in [-0.3, -0.25) is 14.4 Å². The van der Waals surface area contributed by atoms with Crippen molar-refractivity contribution in [3.05, 3.63) is 121 Å². The first-order valence-corrected chi connectivity index (χ1v) is 15.2. The van der Waals surface area contributed by atoms with Gasteiger partial charge in [0.05, 0.1) is 24.0 Å². The van der Waals surface area contributed by atoms with Crippen molar-refractivity contribution in [3.8, 4) is 5.75 Å². The first-order chi connectivity index (χ1) is 20.8. The Labute approximate surface area is 262 Å². The van der Waals surface area contributed by atoms with Gasteiger partial charge in [-0.05, 0) is 88.4 Å². The fourth-order valence-corrected chi connectivity index (χ4v) is 6.71. The van der Waals surface area contributed by atoms with Crippen LogP contribution in [0.4, 0.5) is 11.4 Å². The van der Waals surface area contributed by atoms with Crippen molar-refractivity contribution in [2.75, 3.05) is 30.4 Å². The number of piperidine rings is 1. The highest BCUT2D eigenvalue weighted by molar-refractivity contribution is 9.10. The summed E-state index contributed by atoms with van der Waals surface area (Å²) in [5.74, 6) is 0.410. The van der Waals surface area contributed by atoms with Gasteiger partial charge in [0.2, 0.25) is 0 Å². The molecule has 2 atom stereocenters. The van der Waals surface area contributed by atoms with E-state index in [2.05, 4.69) is 31.5 Å². The number of ether oxygens (including phenoxy) is 1. The Balaban J connectivity index is 1.31. The van der Waals surface area contributed by atoms with Crippen molar-refractivity contribution in [2.45, 2.75) is 25.4 Å². The second-order valence-electron chi connectivity index (χ2n) is 10.9. The van der Waals surface area contributed by atoms with Crippen LogP contribution in [-0.4, -0.2) is 36.6 Å². The number of benzene rings is 3. The molecule has 2 bridgehead atoms. The number of pyridine rings is 1. The summed E-state index contributed by atoms with van der Waals surface area (Å²) >= 11 is 9.58. The molecule has 1 fully saturated rings. The molecule has 2 unspecified atom stereocenters. The summed E-state index contributed by atoms with van der Waals surface area (Å²) in [5.41, 5.74) is 4.13. The smallest absolute Gasteiger partial charge is 0.257 e. The molecule has 4 aromatic rings. The quantitative estimate of drug-likeness (QED) is 0.251. The maximum atomic E-state index is 13.6. The molecule has 0 saturated carbocycles. The number of carbonyl (C=O) groups excluding carboxylic acids is 2. The minimum atomic E-state index is -0.336. The lowest BCUT2D eigenvalue weighted by atomic mass is 9.83. The van der Waals surface area contributed by atoms with Gasteiger partial charge in [0.15, 0.2) is 0 Å². The van der Waals surface area contributed by atoms with Crippen molar-refractivity contribution in [3.63, 3.8) is 0 Å². The third-order valence-corrected chi connectivity index (χ3v) is 9.01. The summed E-state index contributed by atoms with van der Waals surface area (Å²) < 4.78 is 7.85. The third kappa shape index (κ3) is 6.19. The zero-order valence-corrected chi connectivity index (χ0v) is 25.8. The van der Waals surface area contributed by atoms with Crippen molar-refractivity contribution < 1.29 is 14.3 Å². The molecule has 2 aliphatic rings. The number of amides is 2. The van der Waals surface area contributed by atoms with Gasteiger partial charge in [0.1, 0.15) is 5.75 Å². The minimum absolute atomic E-state index is 0.0330. The molecule has 6 rings (SSSR count). The number of rotatable bonds is 7. The standard InChI is InChI=1S/C33H30BrClN4O4/c1-43-25-9-10-27(34)26(15-25)33(42)37-28-14-22(32(41)36-16-20-4-2-5-24(35)13-20)8-11-30(28)38-17-21-12-23(19-38)29-6-3-7-31(40)39(29)18-21/h2-11,13-15,21,23H,12,16-19H2,1H3,(H,36,41)(H,37,42). The van der Waals surface area contributed by atoms with E-state index in [0.29, 0.717) is 51.7 Å². The van der Waals surface area contributed by atoms with Gasteiger partial charge < -0.3 is 24.8 Å². The summed E-state index contributed by atoms with van der Waals surface area (Å²) in [4.78, 5) is 41.6. The summed E-state index contributed by atoms with van der Waals surface area (Å²) in [6, 6.07) is 23.4. The predicted octanol–water partition coefficient (Wildman–Crippen LogP) is 6.08. The Morgan fingerprint density at radius 3 is 2.63 bits per heavy atom. The van der Waals surface area contributed by atoms with E-state index in [4.69, 9.17) is 16.3 Å². The number of anilines is 2. The van der Waals surface area contributed by atoms with Crippen LogP contribution in [-0.2, 0) is 13.1 Å². The fourth-order valence-electron chi connectivity index (χ4n) is 6.07. The molecule has 1 saturated heterocycles. The van der Waals surface area contributed by atoms with Gasteiger partial charge in [-0.15, -0.1) is 0 Å². The second-order valence-corrected chi connectivity index (χ2v) is 12.2. The van der Waals surface area contributed by atoms with Gasteiger partial charge >= 0.3 is 0 Å². The number of hydrogen-bond donors (Lipinski definition) is 2. The van der Waals surface area contributed by atoms with E-state index in [1.54, 1.807) is 49.6 Å². The molecule has 0 spiro atoms. The largest absolute Gasteiger partial charge is 0.497 e. The highest BCUT2D eigenvalue weighted by Crippen LogP contribution is 2.39. The summed E-state index contributed by atoms with van der Waals surface area (Å²) in [5, 5.41) is 6.61. The van der Waals surface area contributed by atoms with Crippen LogP contribution in [0.15, 0.2) is 88.1 Å². The van der Waals surface area contributed by atoms with E-state index in [9.17, 15) is 14.4 Å². The van der Waals surface area contributed by atoms with Gasteiger partial charge in [-0.25, -0.2) is 0 Å². The summed E-state index contributed by atoms with van der Waals surface area (Å²) in [7, 11) is 1.55. The highest BCUT2D eigenvalue weighted by Gasteiger charge is 2.35. The van der Waals surface area contributed by atoms with E-state index in [1.165, 1.54) is 0 Å². The van der Waals surface area contributed by atoms with Crippen LogP contribution in [0.3, 0.4) is 0 Å². The van der Waals surface area contributed by atoms with Crippen molar-refractivity contribution in [2.24, 2.45) is 5.92 Å². The van der Waals surface area contributed by atoms with E-state index < -0.39 is 0 Å². The van der Waals surface area contributed by atoms with Gasteiger partial charge in [0, 0.05) is 58.9 Å². The zero-order chi connectivity index (χ0) is 30.1. The lowest BCUT2D eigenvalue weighted by Gasteiger charge is -2.44. The predicted molar refractivity (Wildman–Crippen MR) is 171 cm³/mol. The van der Waals surface area contributed by atoms with Crippen molar-refractivity contribution in [1.82, 2.24) is 9.88 Å². The molecule has 10 heteroatoms. The monoisotopic (exact) mass is 660 g/mol. The molecule has 0 radical (unpaired) electrons. The number of hydrogen-bond acceptors (Lipinski definition) is 5. The topological polar surface area (TPSA) is 92.7 Å². The molecule has 1 aromatic heterocycles. The van der Waals surface area contributed by atoms with Crippen LogP contribution >= 0.6 is 27.5 Å². The number of fused-ring (bicyclic) bond motifs is 4. The molecule has 43 heavy (non-hydrogen) atoms. The Bertz CT molecular complexity index is 1770. The van der Waals surface area contributed by atoms with Crippen LogP contribution < -0.4 is 25.8 Å². The average Bonchev–Trinajstić information content (AvgIpc) is 3.00. The van der Waals surface area contributed by atoms with E-state index in [1.807, 2.05) is 41.0 Å². The number of nitrogens with zero attached hydrogens (tertiary/aromatic N) is 2. The number of aromatic nitrogens is 1. The molecule has 3 aromatic carbocycles. The lowest BCUT2D eigenvalue weighted by Crippen LogP contribution is -2.47. The van der Waals surface area contributed by atoms with E-state index >= 15 is 0 Å². The van der Waals surface area contributed by atoms with Gasteiger partial charge in [0.25, 0.3) is 17.4 Å². The third-order valence-electron chi connectivity index (χ3n) is 8.09. The minimum Gasteiger partial charge on any atom is -0.497 e.